The number of fused-ring (bicyclic) bond motifs is 1. The fraction of sp³-hybridized carbons (Fsp3) is 0.154. The van der Waals surface area contributed by atoms with E-state index in [0.717, 1.165) is 22.8 Å². The second-order valence-electron chi connectivity index (χ2n) is 3.93. The number of aldehydes is 1. The first-order chi connectivity index (χ1) is 8.85. The molecule has 3 rings (SSSR count). The number of aromatic nitrogens is 2. The van der Waals surface area contributed by atoms with Gasteiger partial charge in [0.25, 0.3) is 0 Å². The molecule has 0 bridgehead atoms. The molecule has 0 saturated heterocycles. The van der Waals surface area contributed by atoms with E-state index in [4.69, 9.17) is 9.47 Å². The van der Waals surface area contributed by atoms with Gasteiger partial charge in [-0.1, -0.05) is 6.07 Å². The summed E-state index contributed by atoms with van der Waals surface area (Å²) >= 11 is 0. The molecule has 1 aliphatic heterocycles. The van der Waals surface area contributed by atoms with Gasteiger partial charge in [0.2, 0.25) is 6.79 Å². The zero-order chi connectivity index (χ0) is 12.4. The fourth-order valence-electron chi connectivity index (χ4n) is 1.79. The van der Waals surface area contributed by atoms with Crippen molar-refractivity contribution in [2.45, 2.75) is 6.42 Å². The second-order valence-corrected chi connectivity index (χ2v) is 3.93. The molecule has 0 fully saturated rings. The van der Waals surface area contributed by atoms with Crippen molar-refractivity contribution < 1.29 is 14.3 Å². The quantitative estimate of drug-likeness (QED) is 0.765. The van der Waals surface area contributed by atoms with E-state index in [9.17, 15) is 4.79 Å². The van der Waals surface area contributed by atoms with Crippen LogP contribution >= 0.6 is 0 Å². The Morgan fingerprint density at radius 3 is 2.78 bits per heavy atom. The summed E-state index contributed by atoms with van der Waals surface area (Å²) < 4.78 is 10.6. The first-order valence-corrected chi connectivity index (χ1v) is 5.51. The predicted molar refractivity (Wildman–Crippen MR) is 62.8 cm³/mol. The van der Waals surface area contributed by atoms with E-state index >= 15 is 0 Å². The van der Waals surface area contributed by atoms with Gasteiger partial charge in [-0.3, -0.25) is 4.79 Å². The number of hydrogen-bond donors (Lipinski definition) is 0. The molecule has 0 atom stereocenters. The molecule has 5 heteroatoms. The van der Waals surface area contributed by atoms with E-state index in [0.29, 0.717) is 18.4 Å². The highest BCUT2D eigenvalue weighted by Gasteiger charge is 2.13. The number of carbonyl (C=O) groups excluding carboxylic acids is 1. The smallest absolute Gasteiger partial charge is 0.231 e. The summed E-state index contributed by atoms with van der Waals surface area (Å²) in [5.41, 5.74) is 2.20. The summed E-state index contributed by atoms with van der Waals surface area (Å²) in [4.78, 5) is 10.5. The highest BCUT2D eigenvalue weighted by Crippen LogP contribution is 2.32. The molecular weight excluding hydrogens is 232 g/mol. The summed E-state index contributed by atoms with van der Waals surface area (Å²) in [5.74, 6) is 1.52. The molecule has 1 aromatic heterocycles. The maximum atomic E-state index is 10.5. The lowest BCUT2D eigenvalue weighted by Crippen LogP contribution is -1.97. The second kappa shape index (κ2) is 4.44. The van der Waals surface area contributed by atoms with Gasteiger partial charge < -0.3 is 9.47 Å². The topological polar surface area (TPSA) is 61.3 Å². The minimum Gasteiger partial charge on any atom is -0.454 e. The Labute approximate surface area is 103 Å². The van der Waals surface area contributed by atoms with Gasteiger partial charge in [0, 0.05) is 6.42 Å². The molecule has 0 aliphatic carbocycles. The molecule has 0 saturated carbocycles. The van der Waals surface area contributed by atoms with Gasteiger partial charge in [0.15, 0.2) is 17.8 Å². The molecule has 0 spiro atoms. The SMILES string of the molecule is O=Cc1ccc(Cc2ccc3c(c2)OCO3)nn1. The molecular formula is C13H10N2O3. The molecule has 1 aliphatic rings. The number of hydrogen-bond acceptors (Lipinski definition) is 5. The van der Waals surface area contributed by atoms with Crippen molar-refractivity contribution in [2.75, 3.05) is 6.79 Å². The van der Waals surface area contributed by atoms with Crippen molar-refractivity contribution in [3.05, 3.63) is 47.3 Å². The molecule has 0 radical (unpaired) electrons. The number of ether oxygens (including phenoxy) is 2. The average molecular weight is 242 g/mol. The van der Waals surface area contributed by atoms with Crippen LogP contribution in [0.3, 0.4) is 0 Å². The van der Waals surface area contributed by atoms with Crippen LogP contribution in [-0.4, -0.2) is 23.3 Å². The molecule has 0 N–H and O–H groups in total. The minimum absolute atomic E-state index is 0.270. The van der Waals surface area contributed by atoms with E-state index in [2.05, 4.69) is 10.2 Å². The Balaban J connectivity index is 1.81. The Bertz CT molecular complexity index is 581. The van der Waals surface area contributed by atoms with E-state index in [-0.39, 0.29) is 6.79 Å². The van der Waals surface area contributed by atoms with Crippen LogP contribution in [0.1, 0.15) is 21.7 Å². The normalized spacial score (nSPS) is 12.4. The number of carbonyl (C=O) groups is 1. The highest BCUT2D eigenvalue weighted by molar-refractivity contribution is 5.71. The van der Waals surface area contributed by atoms with Crippen molar-refractivity contribution in [1.29, 1.82) is 0 Å². The minimum atomic E-state index is 0.270. The van der Waals surface area contributed by atoms with Crippen molar-refractivity contribution in [3.8, 4) is 11.5 Å². The molecule has 2 heterocycles. The fourth-order valence-corrected chi connectivity index (χ4v) is 1.79. The van der Waals surface area contributed by atoms with Crippen molar-refractivity contribution in [1.82, 2.24) is 10.2 Å². The zero-order valence-electron chi connectivity index (χ0n) is 9.50. The van der Waals surface area contributed by atoms with Crippen LogP contribution in [-0.2, 0) is 6.42 Å². The van der Waals surface area contributed by atoms with Crippen molar-refractivity contribution >= 4 is 6.29 Å². The lowest BCUT2D eigenvalue weighted by Gasteiger charge is -2.02. The summed E-state index contributed by atoms with van der Waals surface area (Å²) in [5, 5.41) is 7.78. The average Bonchev–Trinajstić information content (AvgIpc) is 2.87. The molecule has 0 unspecified atom stereocenters. The van der Waals surface area contributed by atoms with Crippen LogP contribution in [0.4, 0.5) is 0 Å². The van der Waals surface area contributed by atoms with Gasteiger partial charge in [-0.15, -0.1) is 5.10 Å². The van der Waals surface area contributed by atoms with Crippen LogP contribution in [0, 0.1) is 0 Å². The standard InChI is InChI=1S/C13H10N2O3/c16-7-11-3-2-10(14-15-11)5-9-1-4-12-13(6-9)18-8-17-12/h1-4,6-7H,5,8H2. The Hall–Kier alpha value is -2.43. The largest absolute Gasteiger partial charge is 0.454 e. The van der Waals surface area contributed by atoms with Crippen LogP contribution < -0.4 is 9.47 Å². The van der Waals surface area contributed by atoms with Gasteiger partial charge in [0.1, 0.15) is 5.69 Å². The van der Waals surface area contributed by atoms with Gasteiger partial charge in [-0.2, -0.15) is 5.10 Å². The molecule has 1 aromatic carbocycles. The summed E-state index contributed by atoms with van der Waals surface area (Å²) in [6.07, 6.45) is 1.32. The zero-order valence-corrected chi connectivity index (χ0v) is 9.50. The van der Waals surface area contributed by atoms with Gasteiger partial charge >= 0.3 is 0 Å². The van der Waals surface area contributed by atoms with Gasteiger partial charge in [-0.25, -0.2) is 0 Å². The maximum Gasteiger partial charge on any atom is 0.231 e. The third-order valence-corrected chi connectivity index (χ3v) is 2.68. The maximum absolute atomic E-state index is 10.5. The van der Waals surface area contributed by atoms with Crippen LogP contribution in [0.5, 0.6) is 11.5 Å². The Morgan fingerprint density at radius 1 is 1.11 bits per heavy atom. The molecule has 90 valence electrons. The van der Waals surface area contributed by atoms with Gasteiger partial charge in [0.05, 0.1) is 5.69 Å². The number of nitrogens with zero attached hydrogens (tertiary/aromatic N) is 2. The predicted octanol–water partition coefficient (Wildman–Crippen LogP) is 1.61. The highest BCUT2D eigenvalue weighted by atomic mass is 16.7. The first-order valence-electron chi connectivity index (χ1n) is 5.51. The van der Waals surface area contributed by atoms with E-state index in [1.54, 1.807) is 12.1 Å². The van der Waals surface area contributed by atoms with E-state index in [1.807, 2.05) is 18.2 Å². The number of rotatable bonds is 3. The first kappa shape index (κ1) is 10.7. The summed E-state index contributed by atoms with van der Waals surface area (Å²) in [6, 6.07) is 9.22. The number of benzene rings is 1. The van der Waals surface area contributed by atoms with Crippen LogP contribution in [0.25, 0.3) is 0 Å². The van der Waals surface area contributed by atoms with Crippen LogP contribution in [0.2, 0.25) is 0 Å². The Kier molecular flexibility index (Phi) is 2.64. The monoisotopic (exact) mass is 242 g/mol. The van der Waals surface area contributed by atoms with E-state index < -0.39 is 0 Å². The molecule has 18 heavy (non-hydrogen) atoms. The Morgan fingerprint density at radius 2 is 2.00 bits per heavy atom. The third kappa shape index (κ3) is 2.02. The third-order valence-electron chi connectivity index (χ3n) is 2.68. The van der Waals surface area contributed by atoms with Gasteiger partial charge in [-0.05, 0) is 29.8 Å². The van der Waals surface area contributed by atoms with E-state index in [1.165, 1.54) is 0 Å². The summed E-state index contributed by atoms with van der Waals surface area (Å²) in [6.45, 7) is 0.270. The van der Waals surface area contributed by atoms with Crippen molar-refractivity contribution in [2.24, 2.45) is 0 Å². The van der Waals surface area contributed by atoms with Crippen LogP contribution in [0.15, 0.2) is 30.3 Å². The summed E-state index contributed by atoms with van der Waals surface area (Å²) in [7, 11) is 0. The van der Waals surface area contributed by atoms with Crippen molar-refractivity contribution in [3.63, 3.8) is 0 Å². The lowest BCUT2D eigenvalue weighted by atomic mass is 10.1. The molecule has 0 amide bonds. The molecule has 5 nitrogen and oxygen atoms in total. The molecule has 2 aromatic rings. The lowest BCUT2D eigenvalue weighted by molar-refractivity contribution is 0.111.